The Balaban J connectivity index is 1.79. The number of aromatic nitrogens is 2. The summed E-state index contributed by atoms with van der Waals surface area (Å²) < 4.78 is 53.5. The number of primary sulfonamides is 1. The molecule has 0 saturated carbocycles. The predicted octanol–water partition coefficient (Wildman–Crippen LogP) is 3.31. The monoisotopic (exact) mass is 529 g/mol. The molecule has 0 aliphatic carbocycles. The lowest BCUT2D eigenvalue weighted by Crippen LogP contribution is -2.26. The number of fused-ring (bicyclic) bond motifs is 1. The Bertz CT molecular complexity index is 1550. The summed E-state index contributed by atoms with van der Waals surface area (Å²) in [6.07, 6.45) is 0. The average Bonchev–Trinajstić information content (AvgIpc) is 3.18. The lowest BCUT2D eigenvalue weighted by molar-refractivity contribution is 0.0165. The lowest BCUT2D eigenvalue weighted by Gasteiger charge is -2.18. The van der Waals surface area contributed by atoms with Gasteiger partial charge in [0, 0.05) is 30.3 Å². The van der Waals surface area contributed by atoms with E-state index in [-0.39, 0.29) is 30.2 Å². The largest absolute Gasteiger partial charge is 0.395 e. The Labute approximate surface area is 212 Å². The number of amides is 1. The second-order valence-electron chi connectivity index (χ2n) is 8.44. The molecule has 1 heterocycles. The van der Waals surface area contributed by atoms with Gasteiger partial charge in [0.2, 0.25) is 16.0 Å². The minimum absolute atomic E-state index is 0.0454. The fourth-order valence-corrected chi connectivity index (χ4v) is 4.43. The van der Waals surface area contributed by atoms with Crippen molar-refractivity contribution in [1.82, 2.24) is 14.9 Å². The molecule has 9 nitrogen and oxygen atoms in total. The molecule has 0 bridgehead atoms. The number of carbonyl (C=O) groups is 1. The van der Waals surface area contributed by atoms with Crippen LogP contribution in [0.5, 0.6) is 0 Å². The number of alkyl halides is 2. The number of hydrogen-bond donors (Lipinski definition) is 4. The van der Waals surface area contributed by atoms with Gasteiger partial charge in [0.15, 0.2) is 0 Å². The van der Waals surface area contributed by atoms with Crippen molar-refractivity contribution in [2.75, 3.05) is 18.5 Å². The Morgan fingerprint density at radius 1 is 1.11 bits per heavy atom. The summed E-state index contributed by atoms with van der Waals surface area (Å²) >= 11 is 0. The first-order valence-corrected chi connectivity index (χ1v) is 12.8. The first kappa shape index (κ1) is 26.2. The van der Waals surface area contributed by atoms with E-state index in [0.717, 1.165) is 6.92 Å². The van der Waals surface area contributed by atoms with Gasteiger partial charge in [-0.2, -0.15) is 0 Å². The van der Waals surface area contributed by atoms with Crippen molar-refractivity contribution in [3.63, 3.8) is 0 Å². The van der Waals surface area contributed by atoms with Gasteiger partial charge in [-0.25, -0.2) is 27.3 Å². The van der Waals surface area contributed by atoms with E-state index in [4.69, 9.17) is 10.2 Å². The van der Waals surface area contributed by atoms with E-state index >= 15 is 0 Å². The van der Waals surface area contributed by atoms with Crippen LogP contribution in [0, 0.1) is 0 Å². The molecule has 37 heavy (non-hydrogen) atoms. The normalized spacial score (nSPS) is 12.0. The number of aliphatic hydroxyl groups excluding tert-OH is 1. The van der Waals surface area contributed by atoms with Crippen LogP contribution >= 0.6 is 0 Å². The molecule has 0 radical (unpaired) electrons. The summed E-state index contributed by atoms with van der Waals surface area (Å²) in [5, 5.41) is 19.8. The van der Waals surface area contributed by atoms with Crippen LogP contribution in [0.15, 0.2) is 71.6 Å². The van der Waals surface area contributed by atoms with Crippen LogP contribution < -0.4 is 15.8 Å². The number of nitrogens with two attached hydrogens (primary N) is 1. The van der Waals surface area contributed by atoms with Crippen LogP contribution in [-0.4, -0.2) is 42.1 Å². The fourth-order valence-electron chi connectivity index (χ4n) is 3.91. The highest BCUT2D eigenvalue weighted by Crippen LogP contribution is 2.32. The van der Waals surface area contributed by atoms with Crippen LogP contribution in [0.1, 0.15) is 28.4 Å². The Morgan fingerprint density at radius 2 is 1.81 bits per heavy atom. The third-order valence-electron chi connectivity index (χ3n) is 5.67. The van der Waals surface area contributed by atoms with Gasteiger partial charge in [-0.05, 0) is 48.0 Å². The quantitative estimate of drug-likeness (QED) is 0.262. The smallest absolute Gasteiger partial charge is 0.270 e. The fraction of sp³-hybridized carbons (Fsp3) is 0.200. The number of anilines is 2. The maximum absolute atomic E-state index is 14.3. The minimum Gasteiger partial charge on any atom is -0.395 e. The Hall–Kier alpha value is -3.87. The van der Waals surface area contributed by atoms with Crippen LogP contribution in [0.2, 0.25) is 0 Å². The predicted molar refractivity (Wildman–Crippen MR) is 135 cm³/mol. The number of nitrogens with one attached hydrogen (secondary N) is 2. The first-order chi connectivity index (χ1) is 17.5. The summed E-state index contributed by atoms with van der Waals surface area (Å²) in [4.78, 5) is 16.9. The zero-order valence-electron chi connectivity index (χ0n) is 19.8. The van der Waals surface area contributed by atoms with Gasteiger partial charge in [-0.1, -0.05) is 24.3 Å². The summed E-state index contributed by atoms with van der Waals surface area (Å²) in [6.45, 7) is 0.766. The molecule has 0 unspecified atom stereocenters. The maximum atomic E-state index is 14.3. The minimum atomic E-state index is -3.87. The van der Waals surface area contributed by atoms with Gasteiger partial charge in [0.05, 0.1) is 29.1 Å². The number of benzene rings is 3. The number of hydrogen-bond acceptors (Lipinski definition) is 6. The Kier molecular flexibility index (Phi) is 7.25. The van der Waals surface area contributed by atoms with E-state index in [0.29, 0.717) is 33.8 Å². The van der Waals surface area contributed by atoms with Crippen molar-refractivity contribution in [2.24, 2.45) is 5.14 Å². The second kappa shape index (κ2) is 10.2. The van der Waals surface area contributed by atoms with E-state index in [1.807, 2.05) is 0 Å². The molecule has 0 aliphatic rings. The van der Waals surface area contributed by atoms with E-state index in [9.17, 15) is 22.0 Å². The summed E-state index contributed by atoms with van der Waals surface area (Å²) in [7, 11) is -3.87. The number of imidazole rings is 1. The zero-order chi connectivity index (χ0) is 26.8. The van der Waals surface area contributed by atoms with Gasteiger partial charge in [0.1, 0.15) is 0 Å². The van der Waals surface area contributed by atoms with Crippen molar-refractivity contribution in [3.05, 3.63) is 83.4 Å². The van der Waals surface area contributed by atoms with Crippen LogP contribution in [0.4, 0.5) is 20.4 Å². The molecule has 0 atom stereocenters. The molecule has 3 aromatic carbocycles. The van der Waals surface area contributed by atoms with E-state index in [2.05, 4.69) is 15.6 Å². The zero-order valence-corrected chi connectivity index (χ0v) is 20.6. The van der Waals surface area contributed by atoms with Crippen molar-refractivity contribution < 1.29 is 27.1 Å². The van der Waals surface area contributed by atoms with Crippen molar-refractivity contribution in [3.8, 4) is 0 Å². The number of carbonyl (C=O) groups excluding carboxylic acids is 1. The van der Waals surface area contributed by atoms with Crippen molar-refractivity contribution >= 4 is 38.6 Å². The van der Waals surface area contributed by atoms with Gasteiger partial charge < -0.3 is 20.3 Å². The van der Waals surface area contributed by atoms with Gasteiger partial charge in [-0.3, -0.25) is 4.79 Å². The topological polar surface area (TPSA) is 139 Å². The van der Waals surface area contributed by atoms with Crippen LogP contribution in [0.3, 0.4) is 0 Å². The molecule has 194 valence electrons. The van der Waals surface area contributed by atoms with Crippen molar-refractivity contribution in [1.29, 1.82) is 0 Å². The molecule has 4 rings (SSSR count). The van der Waals surface area contributed by atoms with Gasteiger partial charge >= 0.3 is 0 Å². The van der Waals surface area contributed by atoms with Gasteiger partial charge in [-0.15, -0.1) is 0 Å². The average molecular weight is 530 g/mol. The number of halogens is 2. The number of rotatable bonds is 9. The molecule has 0 aliphatic heterocycles. The Morgan fingerprint density at radius 3 is 2.46 bits per heavy atom. The standard InChI is InChI=1S/C25H25F2N5O4S/c1-25(26,27)20-5-3-2-4-17(20)15-32-22-11-6-16(23(34)29-12-13-33)14-21(22)31-24(32)30-18-7-9-19(10-8-18)37(28,35)36/h2-11,14,33H,12-13,15H2,1H3,(H,29,34)(H,30,31)(H2,28,35,36). The molecule has 12 heteroatoms. The highest BCUT2D eigenvalue weighted by Gasteiger charge is 2.27. The maximum Gasteiger partial charge on any atom is 0.270 e. The van der Waals surface area contributed by atoms with Crippen molar-refractivity contribution in [2.45, 2.75) is 24.3 Å². The highest BCUT2D eigenvalue weighted by molar-refractivity contribution is 7.89. The van der Waals surface area contributed by atoms with E-state index in [1.54, 1.807) is 41.0 Å². The number of aliphatic hydroxyl groups is 1. The third-order valence-corrected chi connectivity index (χ3v) is 6.59. The molecule has 1 aromatic heterocycles. The lowest BCUT2D eigenvalue weighted by atomic mass is 10.0. The summed E-state index contributed by atoms with van der Waals surface area (Å²) in [5.41, 5.74) is 2.07. The molecule has 1 amide bonds. The second-order valence-corrected chi connectivity index (χ2v) is 10.0. The molecular weight excluding hydrogens is 504 g/mol. The summed E-state index contributed by atoms with van der Waals surface area (Å²) in [5.74, 6) is -3.17. The molecule has 4 aromatic rings. The summed E-state index contributed by atoms with van der Waals surface area (Å²) in [6, 6.07) is 16.7. The SMILES string of the molecule is CC(F)(F)c1ccccc1Cn1c(Nc2ccc(S(N)(=O)=O)cc2)nc2cc(C(=O)NCCO)ccc21. The van der Waals surface area contributed by atoms with Crippen LogP contribution in [0.25, 0.3) is 11.0 Å². The molecule has 5 N–H and O–H groups in total. The molecule has 0 fully saturated rings. The van der Waals surface area contributed by atoms with E-state index in [1.165, 1.54) is 30.3 Å². The molecule has 0 spiro atoms. The molecule has 0 saturated heterocycles. The highest BCUT2D eigenvalue weighted by atomic mass is 32.2. The third kappa shape index (κ3) is 5.93. The molecular formula is C25H25F2N5O4S. The van der Waals surface area contributed by atoms with Crippen LogP contribution in [-0.2, 0) is 22.5 Å². The number of nitrogens with zero attached hydrogens (tertiary/aromatic N) is 2. The first-order valence-electron chi connectivity index (χ1n) is 11.2. The van der Waals surface area contributed by atoms with Gasteiger partial charge in [0.25, 0.3) is 11.8 Å². The van der Waals surface area contributed by atoms with E-state index < -0.39 is 21.9 Å². The number of sulfonamides is 1.